The van der Waals surface area contributed by atoms with Crippen molar-refractivity contribution in [3.05, 3.63) is 30.2 Å². The molecule has 0 radical (unpaired) electrons. The molecule has 0 amide bonds. The molecule has 3 N–H and O–H groups in total. The number of rotatable bonds is 5. The molecule has 5 heterocycles. The van der Waals surface area contributed by atoms with Crippen LogP contribution in [0.5, 0.6) is 11.6 Å². The Bertz CT molecular complexity index is 1270. The van der Waals surface area contributed by atoms with Gasteiger partial charge in [0.05, 0.1) is 31.1 Å². The molecule has 0 saturated carbocycles. The van der Waals surface area contributed by atoms with E-state index in [9.17, 15) is 0 Å². The first kappa shape index (κ1) is 20.4. The van der Waals surface area contributed by atoms with Crippen molar-refractivity contribution in [1.29, 1.82) is 0 Å². The van der Waals surface area contributed by atoms with Crippen LogP contribution in [0, 0.1) is 6.92 Å². The fraction of sp³-hybridized carbons (Fsp3) is 0.409. The van der Waals surface area contributed by atoms with E-state index in [-0.39, 0.29) is 0 Å². The van der Waals surface area contributed by atoms with Crippen LogP contribution in [-0.2, 0) is 0 Å². The minimum absolute atomic E-state index is 0.387. The van der Waals surface area contributed by atoms with Crippen LogP contribution in [0.15, 0.2) is 24.5 Å². The average Bonchev–Trinajstić information content (AvgIpc) is 3.34. The Kier molecular flexibility index (Phi) is 5.01. The Morgan fingerprint density at radius 3 is 2.56 bits per heavy atom. The molecule has 10 heteroatoms. The minimum Gasteiger partial charge on any atom is -0.493 e. The van der Waals surface area contributed by atoms with Gasteiger partial charge in [-0.25, -0.2) is 4.98 Å². The number of aromatic nitrogens is 5. The summed E-state index contributed by atoms with van der Waals surface area (Å²) < 4.78 is 13.1. The van der Waals surface area contributed by atoms with Crippen molar-refractivity contribution in [3.63, 3.8) is 0 Å². The average molecular weight is 437 g/mol. The van der Waals surface area contributed by atoms with E-state index in [1.807, 2.05) is 35.9 Å². The van der Waals surface area contributed by atoms with Crippen molar-refractivity contribution in [2.75, 3.05) is 37.5 Å². The number of imidazole rings is 1. The molecule has 0 bridgehead atoms. The molecule has 4 aromatic rings. The maximum atomic E-state index is 5.67. The molecule has 5 rings (SSSR count). The number of ether oxygens (including phenoxy) is 2. The first-order chi connectivity index (χ1) is 15.4. The fourth-order valence-electron chi connectivity index (χ4n) is 4.46. The highest BCUT2D eigenvalue weighted by Gasteiger charge is 2.24. The van der Waals surface area contributed by atoms with Gasteiger partial charge in [-0.1, -0.05) is 0 Å². The van der Waals surface area contributed by atoms with Crippen LogP contribution in [0.4, 0.5) is 17.3 Å². The molecule has 0 aromatic carbocycles. The normalized spacial score (nSPS) is 19.0. The van der Waals surface area contributed by atoms with Gasteiger partial charge in [-0.2, -0.15) is 10.1 Å². The summed E-state index contributed by atoms with van der Waals surface area (Å²) in [5, 5.41) is 15.4. The van der Waals surface area contributed by atoms with E-state index in [2.05, 4.69) is 44.6 Å². The van der Waals surface area contributed by atoms with Gasteiger partial charge in [0.1, 0.15) is 11.2 Å². The maximum absolute atomic E-state index is 5.67. The van der Waals surface area contributed by atoms with Gasteiger partial charge >= 0.3 is 0 Å². The summed E-state index contributed by atoms with van der Waals surface area (Å²) in [7, 11) is 3.27. The highest BCUT2D eigenvalue weighted by molar-refractivity contribution is 5.97. The number of aromatic amines is 1. The van der Waals surface area contributed by atoms with Gasteiger partial charge in [-0.05, 0) is 20.8 Å². The summed E-state index contributed by atoms with van der Waals surface area (Å²) in [6, 6.07) is 4.71. The topological polar surface area (TPSA) is 105 Å². The predicted molar refractivity (Wildman–Crippen MR) is 124 cm³/mol. The van der Waals surface area contributed by atoms with Crippen molar-refractivity contribution in [3.8, 4) is 11.6 Å². The van der Waals surface area contributed by atoms with Gasteiger partial charge in [0.25, 0.3) is 0 Å². The molecule has 1 saturated heterocycles. The van der Waals surface area contributed by atoms with Crippen LogP contribution >= 0.6 is 0 Å². The van der Waals surface area contributed by atoms with Crippen LogP contribution in [0.25, 0.3) is 16.6 Å². The summed E-state index contributed by atoms with van der Waals surface area (Å²) in [6.45, 7) is 8.09. The van der Waals surface area contributed by atoms with Crippen molar-refractivity contribution >= 4 is 33.9 Å². The summed E-state index contributed by atoms with van der Waals surface area (Å²) in [5.41, 5.74) is 3.36. The zero-order valence-corrected chi connectivity index (χ0v) is 18.9. The van der Waals surface area contributed by atoms with Gasteiger partial charge in [0.15, 0.2) is 17.2 Å². The number of hydrogen-bond acceptors (Lipinski definition) is 8. The lowest BCUT2D eigenvalue weighted by Gasteiger charge is -2.37. The van der Waals surface area contributed by atoms with Crippen molar-refractivity contribution in [2.24, 2.45) is 0 Å². The van der Waals surface area contributed by atoms with E-state index in [0.29, 0.717) is 29.5 Å². The second-order valence-electron chi connectivity index (χ2n) is 8.39. The van der Waals surface area contributed by atoms with E-state index >= 15 is 0 Å². The van der Waals surface area contributed by atoms with Crippen LogP contribution in [0.2, 0.25) is 0 Å². The van der Waals surface area contributed by atoms with Gasteiger partial charge in [-0.3, -0.25) is 5.10 Å². The molecular formula is C22H28N8O2. The lowest BCUT2D eigenvalue weighted by molar-refractivity contribution is 0.393. The third-order valence-electron chi connectivity index (χ3n) is 5.69. The number of H-pyrrole nitrogens is 1. The molecule has 0 aliphatic carbocycles. The first-order valence-electron chi connectivity index (χ1n) is 10.7. The van der Waals surface area contributed by atoms with E-state index in [1.54, 1.807) is 14.2 Å². The molecule has 4 aromatic heterocycles. The Balaban J connectivity index is 1.52. The second kappa shape index (κ2) is 7.86. The third kappa shape index (κ3) is 3.56. The number of nitrogens with zero attached hydrogens (tertiary/aromatic N) is 5. The number of piperazine rings is 1. The zero-order chi connectivity index (χ0) is 22.4. The Hall–Kier alpha value is -3.53. The summed E-state index contributed by atoms with van der Waals surface area (Å²) >= 11 is 0. The van der Waals surface area contributed by atoms with Crippen molar-refractivity contribution < 1.29 is 9.47 Å². The first-order valence-corrected chi connectivity index (χ1v) is 10.7. The standard InChI is InChI=1S/C22H28N8O2/c1-12-8-29(9-13(2)23-12)18-7-16-19(22(26-18)32-5)20(28-27-16)25-15-6-17(31-4)21-24-14(3)10-30(21)11-15/h6-7,10-13,23H,8-9H2,1-5H3,(H2,25,27,28)/t12-,13+. The monoisotopic (exact) mass is 436 g/mol. The van der Waals surface area contributed by atoms with Gasteiger partial charge in [0.2, 0.25) is 5.88 Å². The molecular weight excluding hydrogens is 408 g/mol. The van der Waals surface area contributed by atoms with Crippen LogP contribution < -0.4 is 25.0 Å². The highest BCUT2D eigenvalue weighted by atomic mass is 16.5. The summed E-state index contributed by atoms with van der Waals surface area (Å²) in [6.07, 6.45) is 3.91. The number of hydrogen-bond donors (Lipinski definition) is 3. The largest absolute Gasteiger partial charge is 0.493 e. The molecule has 168 valence electrons. The molecule has 0 unspecified atom stereocenters. The predicted octanol–water partition coefficient (Wildman–Crippen LogP) is 2.86. The van der Waals surface area contributed by atoms with E-state index in [1.165, 1.54) is 0 Å². The van der Waals surface area contributed by atoms with Crippen LogP contribution in [0.1, 0.15) is 19.5 Å². The second-order valence-corrected chi connectivity index (χ2v) is 8.39. The molecule has 0 spiro atoms. The molecule has 1 aliphatic rings. The van der Waals surface area contributed by atoms with E-state index < -0.39 is 0 Å². The smallest absolute Gasteiger partial charge is 0.228 e. The number of methoxy groups -OCH3 is 2. The minimum atomic E-state index is 0.387. The number of pyridine rings is 2. The quantitative estimate of drug-likeness (QED) is 0.439. The molecule has 10 nitrogen and oxygen atoms in total. The summed E-state index contributed by atoms with van der Waals surface area (Å²) in [4.78, 5) is 11.6. The number of nitrogens with one attached hydrogen (secondary N) is 3. The third-order valence-corrected chi connectivity index (χ3v) is 5.69. The zero-order valence-electron chi connectivity index (χ0n) is 18.9. The Labute approximate surface area is 185 Å². The van der Waals surface area contributed by atoms with E-state index in [0.717, 1.165) is 46.8 Å². The van der Waals surface area contributed by atoms with E-state index in [4.69, 9.17) is 14.5 Å². The molecule has 1 fully saturated rings. The number of anilines is 3. The maximum Gasteiger partial charge on any atom is 0.228 e. The lowest BCUT2D eigenvalue weighted by atomic mass is 10.1. The van der Waals surface area contributed by atoms with Crippen LogP contribution in [0.3, 0.4) is 0 Å². The SMILES string of the molecule is COc1nc(N2C[C@@H](C)N[C@@H](C)C2)cc2[nH]nc(Nc3cc(OC)c4nc(C)cn4c3)c12. The number of aryl methyl sites for hydroxylation is 1. The Morgan fingerprint density at radius 2 is 1.84 bits per heavy atom. The van der Waals surface area contributed by atoms with Gasteiger partial charge < -0.3 is 29.4 Å². The fourth-order valence-corrected chi connectivity index (χ4v) is 4.46. The summed E-state index contributed by atoms with van der Waals surface area (Å²) in [5.74, 6) is 2.72. The van der Waals surface area contributed by atoms with Crippen LogP contribution in [-0.4, -0.2) is 64.0 Å². The highest BCUT2D eigenvalue weighted by Crippen LogP contribution is 2.35. The number of fused-ring (bicyclic) bond motifs is 2. The van der Waals surface area contributed by atoms with Crippen molar-refractivity contribution in [2.45, 2.75) is 32.9 Å². The Morgan fingerprint density at radius 1 is 1.06 bits per heavy atom. The lowest BCUT2D eigenvalue weighted by Crippen LogP contribution is -2.54. The van der Waals surface area contributed by atoms with Gasteiger partial charge in [-0.15, -0.1) is 0 Å². The molecule has 1 aliphatic heterocycles. The van der Waals surface area contributed by atoms with Gasteiger partial charge in [0, 0.05) is 49.7 Å². The molecule has 2 atom stereocenters. The molecule has 32 heavy (non-hydrogen) atoms. The van der Waals surface area contributed by atoms with Crippen molar-refractivity contribution in [1.82, 2.24) is 29.9 Å².